The highest BCUT2D eigenvalue weighted by Crippen LogP contribution is 2.28. The molecule has 0 aromatic heterocycles. The van der Waals surface area contributed by atoms with Crippen LogP contribution in [0, 0.1) is 5.92 Å². The highest BCUT2D eigenvalue weighted by Gasteiger charge is 2.22. The number of rotatable bonds is 4. The van der Waals surface area contributed by atoms with Crippen LogP contribution in [-0.2, 0) is 9.53 Å². The van der Waals surface area contributed by atoms with Crippen molar-refractivity contribution in [2.45, 2.75) is 26.2 Å². The van der Waals surface area contributed by atoms with Crippen LogP contribution in [0.4, 0.5) is 11.4 Å². The second-order valence-electron chi connectivity index (χ2n) is 5.00. The van der Waals surface area contributed by atoms with E-state index in [1.807, 2.05) is 25.1 Å². The van der Waals surface area contributed by atoms with Gasteiger partial charge in [0.1, 0.15) is 0 Å². The molecule has 4 nitrogen and oxygen atoms in total. The molecule has 0 unspecified atom stereocenters. The van der Waals surface area contributed by atoms with E-state index in [4.69, 9.17) is 10.5 Å². The van der Waals surface area contributed by atoms with Crippen molar-refractivity contribution in [3.8, 4) is 0 Å². The second-order valence-corrected chi connectivity index (χ2v) is 5.00. The summed E-state index contributed by atoms with van der Waals surface area (Å²) in [6.07, 6.45) is 2.59. The molecule has 1 fully saturated rings. The number of benzene rings is 1. The number of carbonyl (C=O) groups excluding carboxylic acids is 1. The second kappa shape index (κ2) is 6.45. The van der Waals surface area contributed by atoms with Crippen LogP contribution in [0.15, 0.2) is 24.3 Å². The van der Waals surface area contributed by atoms with Gasteiger partial charge >= 0.3 is 5.97 Å². The van der Waals surface area contributed by atoms with Crippen LogP contribution in [-0.4, -0.2) is 25.7 Å². The third-order valence-electron chi connectivity index (χ3n) is 3.65. The maximum absolute atomic E-state index is 11.5. The Balaban J connectivity index is 1.86. The monoisotopic (exact) mass is 262 g/mol. The van der Waals surface area contributed by atoms with E-state index in [1.54, 1.807) is 0 Å². The summed E-state index contributed by atoms with van der Waals surface area (Å²) in [6.45, 7) is 4.23. The Hall–Kier alpha value is -1.71. The summed E-state index contributed by atoms with van der Waals surface area (Å²) in [7, 11) is 0. The van der Waals surface area contributed by atoms with Crippen LogP contribution < -0.4 is 10.6 Å². The molecule has 1 aliphatic rings. The molecular formula is C15H22N2O2. The molecule has 2 rings (SSSR count). The summed E-state index contributed by atoms with van der Waals surface area (Å²) < 4.78 is 5.00. The highest BCUT2D eigenvalue weighted by atomic mass is 16.5. The normalized spacial score (nSPS) is 16.4. The van der Waals surface area contributed by atoms with Gasteiger partial charge in [-0.2, -0.15) is 0 Å². The fourth-order valence-corrected chi connectivity index (χ4v) is 2.61. The summed E-state index contributed by atoms with van der Waals surface area (Å²) in [5, 5.41) is 0. The molecule has 19 heavy (non-hydrogen) atoms. The molecule has 4 heteroatoms. The standard InChI is InChI=1S/C15H22N2O2/c1-2-19-15(18)11-12-7-9-17(10-8-12)14-6-4-3-5-13(14)16/h3-6,12H,2,7-11,16H2,1H3. The minimum atomic E-state index is -0.0693. The molecule has 2 N–H and O–H groups in total. The van der Waals surface area contributed by atoms with Crippen molar-refractivity contribution < 1.29 is 9.53 Å². The first-order valence-corrected chi connectivity index (χ1v) is 6.95. The topological polar surface area (TPSA) is 55.6 Å². The van der Waals surface area contributed by atoms with Crippen molar-refractivity contribution >= 4 is 17.3 Å². The molecule has 0 spiro atoms. The van der Waals surface area contributed by atoms with Gasteiger partial charge in [0, 0.05) is 19.5 Å². The van der Waals surface area contributed by atoms with E-state index in [9.17, 15) is 4.79 Å². The molecule has 1 heterocycles. The highest BCUT2D eigenvalue weighted by molar-refractivity contribution is 5.70. The predicted octanol–water partition coefficient (Wildman–Crippen LogP) is 2.44. The van der Waals surface area contributed by atoms with Crippen molar-refractivity contribution in [2.75, 3.05) is 30.3 Å². The smallest absolute Gasteiger partial charge is 0.306 e. The van der Waals surface area contributed by atoms with Crippen molar-refractivity contribution in [3.63, 3.8) is 0 Å². The number of hydrogen-bond acceptors (Lipinski definition) is 4. The minimum absolute atomic E-state index is 0.0693. The lowest BCUT2D eigenvalue weighted by Gasteiger charge is -2.33. The number of esters is 1. The summed E-state index contributed by atoms with van der Waals surface area (Å²) in [6, 6.07) is 7.95. The molecule has 104 valence electrons. The van der Waals surface area contributed by atoms with Crippen LogP contribution in [0.1, 0.15) is 26.2 Å². The average Bonchev–Trinajstić information content (AvgIpc) is 2.41. The first-order chi connectivity index (χ1) is 9.20. The SMILES string of the molecule is CCOC(=O)CC1CCN(c2ccccc2N)CC1. The molecule has 1 aliphatic heterocycles. The van der Waals surface area contributed by atoms with Gasteiger partial charge in [-0.05, 0) is 37.8 Å². The van der Waals surface area contributed by atoms with E-state index in [-0.39, 0.29) is 5.97 Å². The van der Waals surface area contributed by atoms with Crippen LogP contribution in [0.3, 0.4) is 0 Å². The molecule has 1 aromatic rings. The fraction of sp³-hybridized carbons (Fsp3) is 0.533. The number of carbonyl (C=O) groups is 1. The number of nitrogen functional groups attached to an aromatic ring is 1. The number of ether oxygens (including phenoxy) is 1. The molecule has 1 aromatic carbocycles. The van der Waals surface area contributed by atoms with Gasteiger partial charge in [0.05, 0.1) is 18.0 Å². The number of anilines is 2. The Morgan fingerprint density at radius 3 is 2.68 bits per heavy atom. The Morgan fingerprint density at radius 2 is 2.05 bits per heavy atom. The number of para-hydroxylation sites is 2. The Kier molecular flexibility index (Phi) is 4.66. The summed E-state index contributed by atoms with van der Waals surface area (Å²) in [4.78, 5) is 13.8. The third-order valence-corrected chi connectivity index (χ3v) is 3.65. The lowest BCUT2D eigenvalue weighted by molar-refractivity contribution is -0.144. The zero-order valence-electron chi connectivity index (χ0n) is 11.5. The first kappa shape index (κ1) is 13.7. The molecule has 1 saturated heterocycles. The van der Waals surface area contributed by atoms with E-state index < -0.39 is 0 Å². The third kappa shape index (κ3) is 3.63. The number of hydrogen-bond donors (Lipinski definition) is 1. The lowest BCUT2D eigenvalue weighted by atomic mass is 9.93. The number of nitrogens with zero attached hydrogens (tertiary/aromatic N) is 1. The van der Waals surface area contributed by atoms with Gasteiger partial charge in [0.2, 0.25) is 0 Å². The number of piperidine rings is 1. The van der Waals surface area contributed by atoms with Crippen LogP contribution in [0.5, 0.6) is 0 Å². The Labute approximate surface area is 114 Å². The first-order valence-electron chi connectivity index (χ1n) is 6.95. The largest absolute Gasteiger partial charge is 0.466 e. The van der Waals surface area contributed by atoms with Crippen molar-refractivity contribution in [1.29, 1.82) is 0 Å². The summed E-state index contributed by atoms with van der Waals surface area (Å²) >= 11 is 0. The van der Waals surface area contributed by atoms with Crippen molar-refractivity contribution in [1.82, 2.24) is 0 Å². The van der Waals surface area contributed by atoms with Crippen LogP contribution >= 0.6 is 0 Å². The maximum atomic E-state index is 11.5. The zero-order valence-corrected chi connectivity index (χ0v) is 11.5. The van der Waals surface area contributed by atoms with Crippen LogP contribution in [0.2, 0.25) is 0 Å². The molecule has 0 amide bonds. The van der Waals surface area contributed by atoms with E-state index >= 15 is 0 Å². The van der Waals surface area contributed by atoms with E-state index in [1.165, 1.54) is 0 Å². The van der Waals surface area contributed by atoms with Crippen molar-refractivity contribution in [2.24, 2.45) is 5.92 Å². The van der Waals surface area contributed by atoms with Gasteiger partial charge in [0.15, 0.2) is 0 Å². The van der Waals surface area contributed by atoms with Gasteiger partial charge in [-0.15, -0.1) is 0 Å². The Bertz CT molecular complexity index is 426. The predicted molar refractivity (Wildman–Crippen MR) is 77.0 cm³/mol. The molecule has 0 saturated carbocycles. The molecule has 0 aliphatic carbocycles. The van der Waals surface area contributed by atoms with Gasteiger partial charge in [-0.3, -0.25) is 4.79 Å². The van der Waals surface area contributed by atoms with Gasteiger partial charge in [-0.1, -0.05) is 12.1 Å². The molecule has 0 atom stereocenters. The molecule has 0 bridgehead atoms. The number of nitrogens with two attached hydrogens (primary N) is 1. The van der Waals surface area contributed by atoms with Crippen molar-refractivity contribution in [3.05, 3.63) is 24.3 Å². The van der Waals surface area contributed by atoms with Gasteiger partial charge < -0.3 is 15.4 Å². The van der Waals surface area contributed by atoms with E-state index in [2.05, 4.69) is 11.0 Å². The zero-order chi connectivity index (χ0) is 13.7. The lowest BCUT2D eigenvalue weighted by Crippen LogP contribution is -2.34. The quantitative estimate of drug-likeness (QED) is 0.669. The molecular weight excluding hydrogens is 240 g/mol. The van der Waals surface area contributed by atoms with Gasteiger partial charge in [-0.25, -0.2) is 0 Å². The fourth-order valence-electron chi connectivity index (χ4n) is 2.61. The average molecular weight is 262 g/mol. The molecule has 0 radical (unpaired) electrons. The Morgan fingerprint density at radius 1 is 1.37 bits per heavy atom. The van der Waals surface area contributed by atoms with E-state index in [0.29, 0.717) is 18.9 Å². The van der Waals surface area contributed by atoms with E-state index in [0.717, 1.165) is 37.3 Å². The summed E-state index contributed by atoms with van der Waals surface area (Å²) in [5.41, 5.74) is 7.92. The van der Waals surface area contributed by atoms with Crippen LogP contribution in [0.25, 0.3) is 0 Å². The van der Waals surface area contributed by atoms with Gasteiger partial charge in [0.25, 0.3) is 0 Å². The summed E-state index contributed by atoms with van der Waals surface area (Å²) in [5.74, 6) is 0.375. The maximum Gasteiger partial charge on any atom is 0.306 e. The minimum Gasteiger partial charge on any atom is -0.466 e.